The molecule has 3 heterocycles. The summed E-state index contributed by atoms with van der Waals surface area (Å²) in [6.45, 7) is 0. The van der Waals surface area contributed by atoms with E-state index in [2.05, 4.69) is 31.4 Å². The minimum atomic E-state index is -0.191. The average Bonchev–Trinajstić information content (AvgIpc) is 3.48. The zero-order valence-electron chi connectivity index (χ0n) is 15.3. The highest BCUT2D eigenvalue weighted by Gasteiger charge is 2.24. The molecule has 0 saturated heterocycles. The van der Waals surface area contributed by atoms with Gasteiger partial charge in [-0.2, -0.15) is 5.10 Å². The molecule has 1 aliphatic carbocycles. The number of thiophene rings is 1. The summed E-state index contributed by atoms with van der Waals surface area (Å²) < 4.78 is 7.37. The molecule has 1 fully saturated rings. The molecule has 3 aromatic heterocycles. The lowest BCUT2D eigenvalue weighted by molar-refractivity contribution is -0.118. The molecule has 0 atom stereocenters. The second kappa shape index (κ2) is 9.20. The van der Waals surface area contributed by atoms with Crippen molar-refractivity contribution >= 4 is 35.2 Å². The molecule has 28 heavy (non-hydrogen) atoms. The number of amides is 1. The molecule has 1 N–H and O–H groups in total. The number of thioether (sulfide) groups is 1. The van der Waals surface area contributed by atoms with E-state index in [4.69, 9.17) is 4.42 Å². The topological polar surface area (TPSA) is 85.3 Å². The van der Waals surface area contributed by atoms with Crippen LogP contribution < -0.4 is 5.43 Å². The van der Waals surface area contributed by atoms with Gasteiger partial charge in [-0.25, -0.2) is 5.43 Å². The highest BCUT2D eigenvalue weighted by Crippen LogP contribution is 2.36. The summed E-state index contributed by atoms with van der Waals surface area (Å²) in [4.78, 5) is 13.2. The minimum absolute atomic E-state index is 0.191. The van der Waals surface area contributed by atoms with Crippen molar-refractivity contribution in [3.8, 4) is 10.7 Å². The SMILES string of the molecule is O=C(CSc1nnc(-c2cccs2)n1C1CCCCC1)NN=Cc1ccco1. The molecule has 1 aliphatic rings. The maximum absolute atomic E-state index is 12.1. The first-order valence-electron chi connectivity index (χ1n) is 9.28. The molecule has 0 spiro atoms. The van der Waals surface area contributed by atoms with Gasteiger partial charge in [-0.15, -0.1) is 21.5 Å². The highest BCUT2D eigenvalue weighted by atomic mass is 32.2. The van der Waals surface area contributed by atoms with Crippen molar-refractivity contribution in [1.82, 2.24) is 20.2 Å². The lowest BCUT2D eigenvalue weighted by Gasteiger charge is -2.25. The maximum Gasteiger partial charge on any atom is 0.250 e. The second-order valence-electron chi connectivity index (χ2n) is 6.54. The number of aromatic nitrogens is 3. The van der Waals surface area contributed by atoms with Crippen LogP contribution in [0.1, 0.15) is 43.9 Å². The highest BCUT2D eigenvalue weighted by molar-refractivity contribution is 7.99. The van der Waals surface area contributed by atoms with Crippen LogP contribution in [-0.2, 0) is 4.79 Å². The molecule has 7 nitrogen and oxygen atoms in total. The van der Waals surface area contributed by atoms with Crippen LogP contribution in [0.4, 0.5) is 0 Å². The Morgan fingerprint density at radius 3 is 2.96 bits per heavy atom. The Hall–Kier alpha value is -2.39. The lowest BCUT2D eigenvalue weighted by Crippen LogP contribution is -2.20. The number of nitrogens with one attached hydrogen (secondary N) is 1. The van der Waals surface area contributed by atoms with Gasteiger partial charge in [-0.05, 0) is 36.4 Å². The first-order valence-corrected chi connectivity index (χ1v) is 11.1. The molecular formula is C19H21N5O2S2. The van der Waals surface area contributed by atoms with E-state index < -0.39 is 0 Å². The summed E-state index contributed by atoms with van der Waals surface area (Å²) >= 11 is 3.06. The van der Waals surface area contributed by atoms with Gasteiger partial charge in [0.25, 0.3) is 5.91 Å². The average molecular weight is 416 g/mol. The summed E-state index contributed by atoms with van der Waals surface area (Å²) in [5, 5.41) is 15.6. The molecule has 0 aliphatic heterocycles. The minimum Gasteiger partial charge on any atom is -0.463 e. The standard InChI is InChI=1S/C19H21N5O2S2/c25-17(21-20-12-15-8-4-10-26-15)13-28-19-23-22-18(16-9-5-11-27-16)24(19)14-6-2-1-3-7-14/h4-5,8-12,14H,1-3,6-7,13H2,(H,21,25). The van der Waals surface area contributed by atoms with Gasteiger partial charge in [0.05, 0.1) is 23.1 Å². The van der Waals surface area contributed by atoms with E-state index in [1.54, 1.807) is 29.7 Å². The number of hydrazone groups is 1. The van der Waals surface area contributed by atoms with Gasteiger partial charge < -0.3 is 4.42 Å². The van der Waals surface area contributed by atoms with Crippen LogP contribution in [0.25, 0.3) is 10.7 Å². The monoisotopic (exact) mass is 415 g/mol. The van der Waals surface area contributed by atoms with Gasteiger partial charge in [0.2, 0.25) is 0 Å². The first kappa shape index (κ1) is 18.9. The maximum atomic E-state index is 12.1. The Balaban J connectivity index is 1.44. The number of hydrogen-bond donors (Lipinski definition) is 1. The number of carbonyl (C=O) groups is 1. The molecule has 9 heteroatoms. The van der Waals surface area contributed by atoms with Crippen molar-refractivity contribution in [3.05, 3.63) is 41.7 Å². The predicted molar refractivity (Wildman–Crippen MR) is 111 cm³/mol. The number of rotatable bonds is 7. The van der Waals surface area contributed by atoms with Gasteiger partial charge in [0, 0.05) is 6.04 Å². The third-order valence-corrected chi connectivity index (χ3v) is 6.41. The van der Waals surface area contributed by atoms with Gasteiger partial charge in [-0.3, -0.25) is 9.36 Å². The fraction of sp³-hybridized carbons (Fsp3) is 0.368. The smallest absolute Gasteiger partial charge is 0.250 e. The third-order valence-electron chi connectivity index (χ3n) is 4.60. The number of nitrogens with zero attached hydrogens (tertiary/aromatic N) is 4. The van der Waals surface area contributed by atoms with Crippen LogP contribution in [-0.4, -0.2) is 32.6 Å². The number of hydrogen-bond acceptors (Lipinski definition) is 7. The molecule has 4 rings (SSSR count). The van der Waals surface area contributed by atoms with E-state index in [0.717, 1.165) is 28.7 Å². The zero-order chi connectivity index (χ0) is 19.2. The van der Waals surface area contributed by atoms with E-state index in [0.29, 0.717) is 11.8 Å². The lowest BCUT2D eigenvalue weighted by atomic mass is 9.95. The van der Waals surface area contributed by atoms with Crippen molar-refractivity contribution in [2.75, 3.05) is 5.75 Å². The van der Waals surface area contributed by atoms with Crippen LogP contribution in [0.2, 0.25) is 0 Å². The summed E-state index contributed by atoms with van der Waals surface area (Å²) in [6.07, 6.45) is 9.01. The zero-order valence-corrected chi connectivity index (χ0v) is 16.9. The Bertz CT molecular complexity index is 912. The second-order valence-corrected chi connectivity index (χ2v) is 8.43. The quantitative estimate of drug-likeness (QED) is 0.352. The number of carbonyl (C=O) groups excluding carboxylic acids is 1. The fourth-order valence-electron chi connectivity index (χ4n) is 3.31. The first-order chi connectivity index (χ1) is 13.8. The molecule has 0 unspecified atom stereocenters. The van der Waals surface area contributed by atoms with Gasteiger partial charge in [-0.1, -0.05) is 37.1 Å². The Kier molecular flexibility index (Phi) is 6.23. The predicted octanol–water partition coefficient (Wildman–Crippen LogP) is 4.35. The molecule has 3 aromatic rings. The van der Waals surface area contributed by atoms with Crippen LogP contribution in [0, 0.1) is 0 Å². The van der Waals surface area contributed by atoms with E-state index in [-0.39, 0.29) is 11.7 Å². The van der Waals surface area contributed by atoms with Crippen LogP contribution >= 0.6 is 23.1 Å². The molecule has 146 valence electrons. The summed E-state index contributed by atoms with van der Waals surface area (Å²) in [5.41, 5.74) is 2.52. The molecule has 0 aromatic carbocycles. The van der Waals surface area contributed by atoms with Crippen LogP contribution in [0.5, 0.6) is 0 Å². The fourth-order valence-corrected chi connectivity index (χ4v) is 4.82. The van der Waals surface area contributed by atoms with E-state index in [1.165, 1.54) is 37.2 Å². The molecule has 0 radical (unpaired) electrons. The van der Waals surface area contributed by atoms with Crippen molar-refractivity contribution in [3.63, 3.8) is 0 Å². The summed E-state index contributed by atoms with van der Waals surface area (Å²) in [5.74, 6) is 1.53. The Morgan fingerprint density at radius 1 is 1.32 bits per heavy atom. The van der Waals surface area contributed by atoms with Crippen molar-refractivity contribution < 1.29 is 9.21 Å². The molecule has 1 saturated carbocycles. The summed E-state index contributed by atoms with van der Waals surface area (Å²) in [6, 6.07) is 8.02. The van der Waals surface area contributed by atoms with Crippen LogP contribution in [0.3, 0.4) is 0 Å². The van der Waals surface area contributed by atoms with E-state index in [9.17, 15) is 4.79 Å². The van der Waals surface area contributed by atoms with Crippen molar-refractivity contribution in [2.45, 2.75) is 43.3 Å². The van der Waals surface area contributed by atoms with Gasteiger partial charge in [0.15, 0.2) is 11.0 Å². The summed E-state index contributed by atoms with van der Waals surface area (Å²) in [7, 11) is 0. The molecule has 1 amide bonds. The van der Waals surface area contributed by atoms with E-state index in [1.807, 2.05) is 11.4 Å². The normalized spacial score (nSPS) is 15.3. The van der Waals surface area contributed by atoms with Crippen LogP contribution in [0.15, 0.2) is 50.6 Å². The largest absolute Gasteiger partial charge is 0.463 e. The molecule has 0 bridgehead atoms. The van der Waals surface area contributed by atoms with Gasteiger partial charge in [0.1, 0.15) is 5.76 Å². The Morgan fingerprint density at radius 2 is 2.21 bits per heavy atom. The molecular weight excluding hydrogens is 394 g/mol. The number of furan rings is 1. The van der Waals surface area contributed by atoms with Crippen molar-refractivity contribution in [2.24, 2.45) is 5.10 Å². The van der Waals surface area contributed by atoms with E-state index >= 15 is 0 Å². The van der Waals surface area contributed by atoms with Gasteiger partial charge >= 0.3 is 0 Å². The third kappa shape index (κ3) is 4.53. The Labute approximate surface area is 171 Å². The van der Waals surface area contributed by atoms with Crippen molar-refractivity contribution in [1.29, 1.82) is 0 Å².